The number of fused-ring (bicyclic) bond motifs is 1. The lowest BCUT2D eigenvalue weighted by atomic mass is 9.99. The number of rotatable bonds is 7. The first-order valence-electron chi connectivity index (χ1n) is 13.6. The molecule has 4 rings (SSSR count). The molecule has 1 saturated heterocycles. The molecule has 2 aromatic carbocycles. The minimum Gasteiger partial charge on any atom is -0.478 e. The van der Waals surface area contributed by atoms with Gasteiger partial charge in [-0.25, -0.2) is 19.6 Å². The van der Waals surface area contributed by atoms with Crippen LogP contribution in [0, 0.1) is 11.3 Å². The smallest absolute Gasteiger partial charge is 0.415 e. The van der Waals surface area contributed by atoms with E-state index in [9.17, 15) is 24.8 Å². The molecule has 1 aliphatic heterocycles. The number of anilines is 1. The lowest BCUT2D eigenvalue weighted by molar-refractivity contribution is 0.0583. The van der Waals surface area contributed by atoms with E-state index in [1.165, 1.54) is 12.3 Å². The van der Waals surface area contributed by atoms with Crippen molar-refractivity contribution in [1.82, 2.24) is 20.2 Å². The third-order valence-corrected chi connectivity index (χ3v) is 6.81. The molecule has 0 unspecified atom stereocenters. The quantitative estimate of drug-likeness (QED) is 0.387. The number of carboxylic acid groups (broad SMARTS) is 1. The van der Waals surface area contributed by atoms with Crippen molar-refractivity contribution < 1.29 is 24.2 Å². The van der Waals surface area contributed by atoms with E-state index in [1.807, 2.05) is 6.07 Å². The minimum absolute atomic E-state index is 0.0389. The maximum atomic E-state index is 13.4. The lowest BCUT2D eigenvalue weighted by Crippen LogP contribution is -2.43. The Labute approximate surface area is 244 Å². The lowest BCUT2D eigenvalue weighted by Gasteiger charge is -2.29. The maximum Gasteiger partial charge on any atom is 0.415 e. The zero-order valence-electron chi connectivity index (χ0n) is 24.2. The van der Waals surface area contributed by atoms with Gasteiger partial charge in [-0.1, -0.05) is 24.8 Å². The summed E-state index contributed by atoms with van der Waals surface area (Å²) < 4.78 is 5.58. The highest BCUT2D eigenvalue weighted by molar-refractivity contribution is 6.11. The molecule has 11 heteroatoms. The van der Waals surface area contributed by atoms with Gasteiger partial charge in [0.15, 0.2) is 5.82 Å². The highest BCUT2D eigenvalue weighted by Gasteiger charge is 2.29. The minimum atomic E-state index is -1.27. The first kappa shape index (κ1) is 30.1. The fourth-order valence-electron chi connectivity index (χ4n) is 4.72. The summed E-state index contributed by atoms with van der Waals surface area (Å²) in [5.74, 6) is -1.31. The number of aromatic nitrogens is 2. The van der Waals surface area contributed by atoms with Crippen molar-refractivity contribution in [3.63, 3.8) is 0 Å². The zero-order valence-corrected chi connectivity index (χ0v) is 24.2. The summed E-state index contributed by atoms with van der Waals surface area (Å²) in [7, 11) is 2.05. The number of nitrogens with one attached hydrogen (secondary N) is 1. The number of carbonyl (C=O) groups is 3. The van der Waals surface area contributed by atoms with Crippen LogP contribution in [0.2, 0.25) is 0 Å². The van der Waals surface area contributed by atoms with Gasteiger partial charge in [-0.3, -0.25) is 9.69 Å². The van der Waals surface area contributed by atoms with Crippen LogP contribution in [0.25, 0.3) is 22.2 Å². The molecule has 0 bridgehead atoms. The Hall–Kier alpha value is -4.82. The summed E-state index contributed by atoms with van der Waals surface area (Å²) in [5.41, 5.74) is -0.253. The fourth-order valence-corrected chi connectivity index (χ4v) is 4.72. The summed E-state index contributed by atoms with van der Waals surface area (Å²) in [4.78, 5) is 50.9. The molecule has 3 aromatic rings. The number of likely N-dealkylation sites (tertiary alicyclic amines) is 1. The second-order valence-electron chi connectivity index (χ2n) is 11.3. The van der Waals surface area contributed by atoms with Gasteiger partial charge in [0.05, 0.1) is 23.9 Å². The number of benzene rings is 2. The molecular weight excluding hydrogens is 536 g/mol. The van der Waals surface area contributed by atoms with Gasteiger partial charge in [-0.05, 0) is 77.3 Å². The Morgan fingerprint density at radius 2 is 1.88 bits per heavy atom. The number of ether oxygens (including phenoxy) is 1. The molecule has 0 aliphatic carbocycles. The van der Waals surface area contributed by atoms with Crippen molar-refractivity contribution in [3.05, 3.63) is 66.0 Å². The number of nitrogens with zero attached hydrogens (tertiary/aromatic N) is 5. The molecule has 0 spiro atoms. The molecular formula is C31H34N6O5. The van der Waals surface area contributed by atoms with Gasteiger partial charge in [0, 0.05) is 28.8 Å². The van der Waals surface area contributed by atoms with E-state index in [1.54, 1.807) is 51.1 Å². The van der Waals surface area contributed by atoms with Crippen molar-refractivity contribution in [2.45, 2.75) is 45.3 Å². The first-order chi connectivity index (χ1) is 19.9. The van der Waals surface area contributed by atoms with Gasteiger partial charge in [0.2, 0.25) is 0 Å². The predicted molar refractivity (Wildman–Crippen MR) is 158 cm³/mol. The maximum absolute atomic E-state index is 13.4. The zero-order chi connectivity index (χ0) is 30.6. The first-order valence-corrected chi connectivity index (χ1v) is 13.6. The van der Waals surface area contributed by atoms with E-state index < -0.39 is 17.7 Å². The molecule has 218 valence electrons. The van der Waals surface area contributed by atoms with Crippen LogP contribution in [0.3, 0.4) is 0 Å². The molecule has 11 nitrogen and oxygen atoms in total. The number of nitriles is 1. The Morgan fingerprint density at radius 1 is 1.19 bits per heavy atom. The van der Waals surface area contributed by atoms with E-state index in [4.69, 9.17) is 4.74 Å². The number of carbonyl (C=O) groups excluding carboxylic acids is 2. The van der Waals surface area contributed by atoms with Crippen LogP contribution in [-0.2, 0) is 4.74 Å². The van der Waals surface area contributed by atoms with Crippen LogP contribution in [0.5, 0.6) is 0 Å². The standard InChI is InChI=1S/C31H34N6O5/c1-19(17-32)18-37(30(41)42-31(2,3)4)26-23(29(39)40)9-8-20-6-7-21(16-24(20)26)27-33-13-10-25(35-27)28(38)34-22-11-14-36(5)15-12-22/h6-10,13,16,22H,1,11-12,14-15,18H2,2-5H3,(H,34,38)(H,39,40). The Balaban J connectivity index is 1.78. The second kappa shape index (κ2) is 12.4. The second-order valence-corrected chi connectivity index (χ2v) is 11.3. The molecule has 1 aliphatic rings. The van der Waals surface area contributed by atoms with Crippen LogP contribution in [0.1, 0.15) is 54.5 Å². The Kier molecular flexibility index (Phi) is 8.87. The molecule has 1 aromatic heterocycles. The number of hydrogen-bond acceptors (Lipinski definition) is 8. The van der Waals surface area contributed by atoms with Gasteiger partial charge in [0.25, 0.3) is 5.91 Å². The highest BCUT2D eigenvalue weighted by atomic mass is 16.6. The Morgan fingerprint density at radius 3 is 2.52 bits per heavy atom. The average Bonchev–Trinajstić information content (AvgIpc) is 2.95. The molecule has 2 amide bonds. The van der Waals surface area contributed by atoms with Crippen LogP contribution < -0.4 is 10.2 Å². The number of hydrogen-bond donors (Lipinski definition) is 2. The average molecular weight is 571 g/mol. The Bertz CT molecular complexity index is 1580. The number of piperidine rings is 1. The summed E-state index contributed by atoms with van der Waals surface area (Å²) in [6.07, 6.45) is 2.37. The van der Waals surface area contributed by atoms with E-state index in [0.29, 0.717) is 16.3 Å². The van der Waals surface area contributed by atoms with Crippen LogP contribution >= 0.6 is 0 Å². The fraction of sp³-hybridized carbons (Fsp3) is 0.355. The molecule has 0 radical (unpaired) electrons. The molecule has 0 atom stereocenters. The summed E-state index contributed by atoms with van der Waals surface area (Å²) in [5, 5.41) is 23.6. The van der Waals surface area contributed by atoms with E-state index in [-0.39, 0.29) is 46.8 Å². The monoisotopic (exact) mass is 570 g/mol. The summed E-state index contributed by atoms with van der Waals surface area (Å²) in [6.45, 7) is 10.3. The number of amides is 2. The van der Waals surface area contributed by atoms with Gasteiger partial charge < -0.3 is 20.1 Å². The van der Waals surface area contributed by atoms with Crippen molar-refractivity contribution in [2.75, 3.05) is 31.6 Å². The molecule has 1 fully saturated rings. The van der Waals surface area contributed by atoms with Crippen LogP contribution in [-0.4, -0.2) is 76.3 Å². The van der Waals surface area contributed by atoms with Gasteiger partial charge in [-0.15, -0.1) is 0 Å². The third kappa shape index (κ3) is 7.08. The molecule has 2 heterocycles. The van der Waals surface area contributed by atoms with E-state index in [0.717, 1.165) is 30.8 Å². The van der Waals surface area contributed by atoms with Crippen molar-refractivity contribution >= 4 is 34.4 Å². The molecule has 2 N–H and O–H groups in total. The van der Waals surface area contributed by atoms with Crippen molar-refractivity contribution in [2.24, 2.45) is 0 Å². The SMILES string of the molecule is C=C(C#N)CN(C(=O)OC(C)(C)C)c1c(C(=O)O)ccc2ccc(-c3nccc(C(=O)NC4CCN(C)CC4)n3)cc12. The van der Waals surface area contributed by atoms with E-state index in [2.05, 4.69) is 33.8 Å². The normalized spacial score (nSPS) is 14.2. The van der Waals surface area contributed by atoms with Gasteiger partial charge in [0.1, 0.15) is 11.3 Å². The largest absolute Gasteiger partial charge is 0.478 e. The number of aromatic carboxylic acids is 1. The molecule has 0 saturated carbocycles. The van der Waals surface area contributed by atoms with Crippen molar-refractivity contribution in [1.29, 1.82) is 5.26 Å². The summed E-state index contributed by atoms with van der Waals surface area (Å²) >= 11 is 0. The predicted octanol–water partition coefficient (Wildman–Crippen LogP) is 4.64. The highest BCUT2D eigenvalue weighted by Crippen LogP contribution is 2.35. The van der Waals surface area contributed by atoms with Crippen molar-refractivity contribution in [3.8, 4) is 17.5 Å². The van der Waals surface area contributed by atoms with E-state index >= 15 is 0 Å². The van der Waals surface area contributed by atoms with Gasteiger partial charge in [-0.2, -0.15) is 5.26 Å². The number of carboxylic acids is 1. The third-order valence-electron chi connectivity index (χ3n) is 6.81. The van der Waals surface area contributed by atoms with Gasteiger partial charge >= 0.3 is 12.1 Å². The molecule has 42 heavy (non-hydrogen) atoms. The topological polar surface area (TPSA) is 149 Å². The van der Waals surface area contributed by atoms with Crippen LogP contribution in [0.15, 0.2) is 54.7 Å². The van der Waals surface area contributed by atoms with Crippen LogP contribution in [0.4, 0.5) is 10.5 Å². The summed E-state index contributed by atoms with van der Waals surface area (Å²) in [6, 6.07) is 11.7.